The van der Waals surface area contributed by atoms with E-state index in [0.717, 1.165) is 47.8 Å². The molecule has 13 heterocycles. The maximum atomic E-state index is 14.1. The van der Waals surface area contributed by atoms with E-state index in [0.29, 0.717) is 89.3 Å². The van der Waals surface area contributed by atoms with Crippen molar-refractivity contribution < 1.29 is 23.8 Å². The summed E-state index contributed by atoms with van der Waals surface area (Å²) in [4.78, 5) is 40.2. The van der Waals surface area contributed by atoms with E-state index >= 15 is 0 Å². The van der Waals surface area contributed by atoms with Crippen molar-refractivity contribution in [3.05, 3.63) is 245 Å². The van der Waals surface area contributed by atoms with Crippen molar-refractivity contribution >= 4 is 87.2 Å². The molecule has 0 amide bonds. The first kappa shape index (κ1) is 54.7. The van der Waals surface area contributed by atoms with E-state index in [1.165, 1.54) is 0 Å². The summed E-state index contributed by atoms with van der Waals surface area (Å²) in [7, 11) is 0. The van der Waals surface area contributed by atoms with E-state index in [-0.39, 0.29) is 64.4 Å². The van der Waals surface area contributed by atoms with Crippen LogP contribution in [-0.2, 0) is 18.6 Å². The average molecular weight is 1310 g/mol. The molecule has 11 aromatic heterocycles. The molecule has 21 rings (SSSR count). The maximum absolute atomic E-state index is 14.1. The first-order chi connectivity index (χ1) is 48.1. The topological polar surface area (TPSA) is 259 Å². The first-order valence-corrected chi connectivity index (χ1v) is 30.9. The van der Waals surface area contributed by atoms with Gasteiger partial charge < -0.3 is 20.2 Å². The van der Waals surface area contributed by atoms with E-state index in [4.69, 9.17) is 75.7 Å². The van der Waals surface area contributed by atoms with Crippen LogP contribution in [0.3, 0.4) is 0 Å². The van der Waals surface area contributed by atoms with Gasteiger partial charge in [0.1, 0.15) is 0 Å². The summed E-state index contributed by atoms with van der Waals surface area (Å²) in [5, 5.41) is 62.0. The zero-order chi connectivity index (χ0) is 63.6. The fraction of sp³-hybridized carbons (Fsp3) is 0. The fourth-order valence-corrected chi connectivity index (χ4v) is 14.5. The molecule has 8 bridgehead atoms. The molecule has 0 aliphatic carbocycles. The summed E-state index contributed by atoms with van der Waals surface area (Å²) in [5.41, 5.74) is 7.64. The van der Waals surface area contributed by atoms with Crippen molar-refractivity contribution in [2.45, 2.75) is 0 Å². The van der Waals surface area contributed by atoms with Gasteiger partial charge in [-0.25, -0.2) is 57.4 Å². The van der Waals surface area contributed by atoms with Gasteiger partial charge in [0.15, 0.2) is 22.9 Å². The summed E-state index contributed by atoms with van der Waals surface area (Å²) in [6, 6.07) is 47.2. The number of nitrogens with zero attached hydrogens (tertiary/aromatic N) is 24. The minimum Gasteiger partial charge on any atom is -0.425 e. The maximum Gasteiger partial charge on any atom is 0.182 e. The predicted octanol–water partition coefficient (Wildman–Crippen LogP) is 12.3. The Balaban J connectivity index is 0.00000652. The Bertz CT molecular complexity index is 6220. The molecule has 0 saturated carbocycles. The van der Waals surface area contributed by atoms with Crippen LogP contribution >= 0.6 is 0 Å². The van der Waals surface area contributed by atoms with Gasteiger partial charge >= 0.3 is 0 Å². The summed E-state index contributed by atoms with van der Waals surface area (Å²) < 4.78 is 15.5. The van der Waals surface area contributed by atoms with Crippen molar-refractivity contribution in [3.63, 3.8) is 0 Å². The molecule has 1 N–H and O–H groups in total. The number of rotatable bonds is 8. The summed E-state index contributed by atoms with van der Waals surface area (Å²) in [6.07, 6.45) is 29.0. The third-order valence-corrected chi connectivity index (χ3v) is 18.2. The van der Waals surface area contributed by atoms with Crippen LogP contribution in [0, 0.1) is 0 Å². The molecule has 2 aliphatic heterocycles. The van der Waals surface area contributed by atoms with Gasteiger partial charge in [-0.15, -0.1) is 4.73 Å². The van der Waals surface area contributed by atoms with Gasteiger partial charge in [0, 0.05) is 194 Å². The molecule has 0 atom stereocenters. The van der Waals surface area contributed by atoms with Crippen molar-refractivity contribution in [3.8, 4) is 91.1 Å². The molecule has 0 saturated heterocycles. The molecule has 2 aliphatic rings. The van der Waals surface area contributed by atoms with Gasteiger partial charge in [0.2, 0.25) is 0 Å². The third-order valence-electron chi connectivity index (χ3n) is 18.2. The second-order valence-electron chi connectivity index (χ2n) is 23.3. The van der Waals surface area contributed by atoms with Crippen LogP contribution < -0.4 is 4.98 Å². The Labute approximate surface area is 561 Å². The van der Waals surface area contributed by atoms with Gasteiger partial charge in [0.05, 0.1) is 79.0 Å². The Morgan fingerprint density at radius 3 is 0.694 bits per heavy atom. The fourth-order valence-electron chi connectivity index (χ4n) is 14.5. The molecule has 8 aromatic carbocycles. The SMILES string of the molecule is On1c2nc3nc(nc4[n-]c(nc5nc(nc1c1c(-n6cccn6)c6ccccc6c(-n6cccn6)c12)-c1c-5c(-n2cccn2)c2ccccc2c1-n1cccn1)c1c(-n2cccn2)c2ccccc2c(-n2cccn2)c41)-c1c-3c(-n2cccn2)c2ccccc2c1-n1cccn1.[V]. The number of hydrogen-bond acceptors (Lipinski definition) is 15. The molecular formula is C72H41N24OV-. The van der Waals surface area contributed by atoms with Crippen LogP contribution in [0.4, 0.5) is 0 Å². The second kappa shape index (κ2) is 20.9. The van der Waals surface area contributed by atoms with Crippen molar-refractivity contribution in [1.29, 1.82) is 0 Å². The Hall–Kier alpha value is -13.8. The molecule has 1 radical (unpaired) electrons. The monoisotopic (exact) mass is 1310 g/mol. The van der Waals surface area contributed by atoms with E-state index in [9.17, 15) is 5.21 Å². The van der Waals surface area contributed by atoms with Crippen molar-refractivity contribution in [1.82, 2.24) is 118 Å². The quantitative estimate of drug-likeness (QED) is 0.139. The minimum atomic E-state index is 0. The Kier molecular flexibility index (Phi) is 11.7. The van der Waals surface area contributed by atoms with E-state index in [1.807, 2.05) is 199 Å². The molecule has 461 valence electrons. The normalized spacial score (nSPS) is 12.0. The largest absolute Gasteiger partial charge is 0.425 e. The van der Waals surface area contributed by atoms with Crippen LogP contribution in [0.2, 0.25) is 0 Å². The number of benzene rings is 8. The smallest absolute Gasteiger partial charge is 0.182 e. The third kappa shape index (κ3) is 7.65. The van der Waals surface area contributed by atoms with E-state index < -0.39 is 0 Å². The molecule has 25 nitrogen and oxygen atoms in total. The van der Waals surface area contributed by atoms with Crippen molar-refractivity contribution in [2.75, 3.05) is 0 Å². The zero-order valence-electron chi connectivity index (χ0n) is 50.7. The first-order valence-electron chi connectivity index (χ1n) is 30.9. The molecule has 19 aromatic rings. The molecule has 0 fully saturated rings. The molecule has 0 unspecified atom stereocenters. The average Bonchev–Trinajstić information content (AvgIpc) is 1.53. The predicted molar refractivity (Wildman–Crippen MR) is 363 cm³/mol. The number of hydrogen-bond donors (Lipinski definition) is 1. The zero-order valence-corrected chi connectivity index (χ0v) is 52.1. The van der Waals surface area contributed by atoms with Crippen LogP contribution in [0.25, 0.3) is 178 Å². The second-order valence-corrected chi connectivity index (χ2v) is 23.3. The van der Waals surface area contributed by atoms with Gasteiger partial charge in [-0.1, -0.05) is 97.1 Å². The van der Waals surface area contributed by atoms with Gasteiger partial charge in [-0.2, -0.15) is 40.8 Å². The van der Waals surface area contributed by atoms with Gasteiger partial charge in [0.25, 0.3) is 0 Å². The van der Waals surface area contributed by atoms with Crippen molar-refractivity contribution in [2.24, 2.45) is 0 Å². The Morgan fingerprint density at radius 1 is 0.245 bits per heavy atom. The number of aromatic nitrogens is 24. The molecule has 26 heteroatoms. The van der Waals surface area contributed by atoms with E-state index in [1.54, 1.807) is 58.9 Å². The van der Waals surface area contributed by atoms with Gasteiger partial charge in [-0.3, -0.25) is 0 Å². The van der Waals surface area contributed by atoms with Gasteiger partial charge in [-0.05, 0) is 48.5 Å². The van der Waals surface area contributed by atoms with E-state index in [2.05, 4.69) is 24.3 Å². The standard InChI is InChI=1S/C72H41N24O.V/c97-96-71-55-56(64(95-40-16-32-80-95)48-24-8-7-23-47(48)63(55)94-39-15-31-79-94)72(96)87-70-54-52(60(91-36-12-28-76-91)44-20-4-6-22-46(44)62(54)93-38-14-30-78-93)68(85-70)83-66-50-49(57(88-33-9-25-73-88)41-17-1-2-18-42(41)58(50)89-34-10-26-74-89)65(81-66)82-67-51-53(69(84-67)86-71)61(92-37-13-29-77-92)45-21-5-3-19-43(45)59(51)90-35-11-27-75-90;/h1-40,97H;/q-1;. The summed E-state index contributed by atoms with van der Waals surface area (Å²) in [6.45, 7) is 0. The van der Waals surface area contributed by atoms with Crippen LogP contribution in [0.1, 0.15) is 0 Å². The molecule has 0 spiro atoms. The Morgan fingerprint density at radius 2 is 0.459 bits per heavy atom. The van der Waals surface area contributed by atoms with Crippen LogP contribution in [0.15, 0.2) is 245 Å². The van der Waals surface area contributed by atoms with Crippen LogP contribution in [-0.4, -0.2) is 118 Å². The van der Waals surface area contributed by atoms with Crippen LogP contribution in [0.5, 0.6) is 0 Å². The summed E-state index contributed by atoms with van der Waals surface area (Å²) in [5.74, 6) is 0.705. The molecule has 98 heavy (non-hydrogen) atoms. The molecular weight excluding hydrogens is 1270 g/mol. The number of fused-ring (bicyclic) bond motifs is 24. The minimum absolute atomic E-state index is 0. The summed E-state index contributed by atoms with van der Waals surface area (Å²) >= 11 is 0.